The van der Waals surface area contributed by atoms with E-state index < -0.39 is 6.10 Å². The van der Waals surface area contributed by atoms with Crippen LogP contribution in [0.5, 0.6) is 0 Å². The van der Waals surface area contributed by atoms with Gasteiger partial charge in [0.15, 0.2) is 0 Å². The third-order valence-electron chi connectivity index (χ3n) is 4.53. The Morgan fingerprint density at radius 2 is 1.95 bits per heavy atom. The van der Waals surface area contributed by atoms with Gasteiger partial charge in [-0.1, -0.05) is 40.9 Å². The molecule has 20 heavy (non-hydrogen) atoms. The van der Waals surface area contributed by atoms with Crippen LogP contribution in [0.25, 0.3) is 0 Å². The average Bonchev–Trinajstić information content (AvgIpc) is 2.87. The highest BCUT2D eigenvalue weighted by Crippen LogP contribution is 2.36. The fraction of sp³-hybridized carbons (Fsp3) is 0.625. The van der Waals surface area contributed by atoms with Crippen LogP contribution in [-0.2, 0) is 4.74 Å². The van der Waals surface area contributed by atoms with Crippen molar-refractivity contribution in [3.05, 3.63) is 34.3 Å². The number of rotatable bonds is 3. The highest BCUT2D eigenvalue weighted by molar-refractivity contribution is 9.10. The molecule has 1 unspecified atom stereocenters. The van der Waals surface area contributed by atoms with Crippen LogP contribution < -0.4 is 0 Å². The fourth-order valence-corrected chi connectivity index (χ4v) is 3.70. The summed E-state index contributed by atoms with van der Waals surface area (Å²) in [6.07, 6.45) is 4.50. The summed E-state index contributed by atoms with van der Waals surface area (Å²) in [5, 5.41) is 10.4. The van der Waals surface area contributed by atoms with E-state index in [-0.39, 0.29) is 5.60 Å². The van der Waals surface area contributed by atoms with Gasteiger partial charge in [0.25, 0.3) is 0 Å². The van der Waals surface area contributed by atoms with Crippen LogP contribution in [0.4, 0.5) is 0 Å². The molecule has 0 aromatic heterocycles. The smallest absolute Gasteiger partial charge is 0.0916 e. The normalized spacial score (nSPS) is 24.1. The molecule has 1 N–H and O–H groups in total. The summed E-state index contributed by atoms with van der Waals surface area (Å²) in [6, 6.07) is 7.94. The molecule has 1 aliphatic heterocycles. The van der Waals surface area contributed by atoms with Gasteiger partial charge in [-0.2, -0.15) is 0 Å². The Morgan fingerprint density at radius 3 is 2.65 bits per heavy atom. The molecule has 4 heteroatoms. The number of aliphatic hydroxyl groups is 1. The van der Waals surface area contributed by atoms with Crippen molar-refractivity contribution in [1.29, 1.82) is 0 Å². The Hall–Kier alpha value is -0.420. The number of halogens is 1. The minimum Gasteiger partial charge on any atom is -0.387 e. The van der Waals surface area contributed by atoms with Crippen molar-refractivity contribution in [2.75, 3.05) is 26.2 Å². The van der Waals surface area contributed by atoms with Gasteiger partial charge in [0, 0.05) is 24.1 Å². The van der Waals surface area contributed by atoms with Gasteiger partial charge in [-0.05, 0) is 30.5 Å². The molecule has 1 heterocycles. The van der Waals surface area contributed by atoms with Crippen molar-refractivity contribution in [3.63, 3.8) is 0 Å². The lowest BCUT2D eigenvalue weighted by molar-refractivity contribution is -0.111. The van der Waals surface area contributed by atoms with E-state index in [0.717, 1.165) is 29.7 Å². The zero-order chi connectivity index (χ0) is 14.0. The second kappa shape index (κ2) is 6.14. The summed E-state index contributed by atoms with van der Waals surface area (Å²) in [5.74, 6) is 0. The number of β-amino-alcohol motifs (C(OH)–C–C–N with tert-alkyl or cyclic N) is 1. The molecule has 0 amide bonds. The number of benzene rings is 1. The molecule has 1 aromatic carbocycles. The van der Waals surface area contributed by atoms with E-state index in [1.807, 2.05) is 24.3 Å². The molecular weight excluding hydrogens is 318 g/mol. The fourth-order valence-electron chi connectivity index (χ4n) is 3.44. The predicted octanol–water partition coefficient (Wildman–Crippen LogP) is 3.13. The van der Waals surface area contributed by atoms with E-state index in [1.165, 1.54) is 25.7 Å². The molecule has 0 bridgehead atoms. The molecule has 1 saturated carbocycles. The van der Waals surface area contributed by atoms with Crippen LogP contribution in [0.15, 0.2) is 28.7 Å². The molecule has 1 spiro atoms. The maximum Gasteiger partial charge on any atom is 0.0916 e. The van der Waals surface area contributed by atoms with Crippen LogP contribution in [0.2, 0.25) is 0 Å². The van der Waals surface area contributed by atoms with Crippen molar-refractivity contribution < 1.29 is 9.84 Å². The first-order valence-electron chi connectivity index (χ1n) is 7.47. The monoisotopic (exact) mass is 339 g/mol. The van der Waals surface area contributed by atoms with E-state index in [1.54, 1.807) is 0 Å². The number of morpholine rings is 1. The van der Waals surface area contributed by atoms with E-state index in [9.17, 15) is 5.11 Å². The summed E-state index contributed by atoms with van der Waals surface area (Å²) in [5.41, 5.74) is 1.07. The van der Waals surface area contributed by atoms with Crippen LogP contribution in [-0.4, -0.2) is 41.8 Å². The molecule has 1 atom stereocenters. The third-order valence-corrected chi connectivity index (χ3v) is 5.06. The standard InChI is InChI=1S/C16H22BrNO2/c17-14-5-3-13(4-6-14)15(19)11-18-9-10-20-16(12-18)7-1-2-8-16/h3-6,15,19H,1-2,7-12H2. The Bertz CT molecular complexity index is 442. The molecule has 2 aliphatic rings. The van der Waals surface area contributed by atoms with Crippen molar-refractivity contribution in [1.82, 2.24) is 4.90 Å². The van der Waals surface area contributed by atoms with Gasteiger partial charge in [-0.25, -0.2) is 0 Å². The number of ether oxygens (including phenoxy) is 1. The molecule has 1 aromatic rings. The Balaban J connectivity index is 1.60. The number of nitrogens with zero attached hydrogens (tertiary/aromatic N) is 1. The van der Waals surface area contributed by atoms with E-state index in [2.05, 4.69) is 20.8 Å². The lowest BCUT2D eigenvalue weighted by Gasteiger charge is -2.41. The lowest BCUT2D eigenvalue weighted by Crippen LogP contribution is -2.51. The summed E-state index contributed by atoms with van der Waals surface area (Å²) >= 11 is 3.43. The molecular formula is C16H22BrNO2. The maximum absolute atomic E-state index is 10.4. The molecule has 3 rings (SSSR count). The van der Waals surface area contributed by atoms with Crippen LogP contribution in [0.3, 0.4) is 0 Å². The maximum atomic E-state index is 10.4. The van der Waals surface area contributed by atoms with Crippen LogP contribution in [0.1, 0.15) is 37.4 Å². The molecule has 3 nitrogen and oxygen atoms in total. The average molecular weight is 340 g/mol. The third kappa shape index (κ3) is 3.25. The summed E-state index contributed by atoms with van der Waals surface area (Å²) < 4.78 is 7.08. The van der Waals surface area contributed by atoms with Gasteiger partial charge in [-0.3, -0.25) is 4.90 Å². The van der Waals surface area contributed by atoms with Gasteiger partial charge >= 0.3 is 0 Å². The van der Waals surface area contributed by atoms with Crippen molar-refractivity contribution >= 4 is 15.9 Å². The topological polar surface area (TPSA) is 32.7 Å². The zero-order valence-electron chi connectivity index (χ0n) is 11.7. The predicted molar refractivity (Wildman–Crippen MR) is 82.7 cm³/mol. The molecule has 1 aliphatic carbocycles. The largest absolute Gasteiger partial charge is 0.387 e. The Labute approximate surface area is 129 Å². The molecule has 110 valence electrons. The minimum atomic E-state index is -0.417. The SMILES string of the molecule is OC(CN1CCOC2(CCCC2)C1)c1ccc(Br)cc1. The van der Waals surface area contributed by atoms with Gasteiger partial charge in [0.2, 0.25) is 0 Å². The van der Waals surface area contributed by atoms with Crippen molar-refractivity contribution in [2.24, 2.45) is 0 Å². The van der Waals surface area contributed by atoms with Crippen LogP contribution in [0, 0.1) is 0 Å². The molecule has 2 fully saturated rings. The number of hydrogen-bond donors (Lipinski definition) is 1. The van der Waals surface area contributed by atoms with Crippen LogP contribution >= 0.6 is 15.9 Å². The van der Waals surface area contributed by atoms with Gasteiger partial charge in [0.1, 0.15) is 0 Å². The van der Waals surface area contributed by atoms with Gasteiger partial charge in [-0.15, -0.1) is 0 Å². The Kier molecular flexibility index (Phi) is 4.46. The first-order chi connectivity index (χ1) is 9.67. The number of hydrogen-bond acceptors (Lipinski definition) is 3. The molecule has 1 saturated heterocycles. The van der Waals surface area contributed by atoms with E-state index >= 15 is 0 Å². The highest BCUT2D eigenvalue weighted by atomic mass is 79.9. The lowest BCUT2D eigenvalue weighted by atomic mass is 9.99. The second-order valence-electron chi connectivity index (χ2n) is 6.04. The number of aliphatic hydroxyl groups excluding tert-OH is 1. The van der Waals surface area contributed by atoms with E-state index in [4.69, 9.17) is 4.74 Å². The van der Waals surface area contributed by atoms with Gasteiger partial charge in [0.05, 0.1) is 18.3 Å². The Morgan fingerprint density at radius 1 is 1.25 bits per heavy atom. The first-order valence-corrected chi connectivity index (χ1v) is 8.26. The molecule has 0 radical (unpaired) electrons. The van der Waals surface area contributed by atoms with E-state index in [0.29, 0.717) is 6.54 Å². The second-order valence-corrected chi connectivity index (χ2v) is 6.96. The summed E-state index contributed by atoms with van der Waals surface area (Å²) in [7, 11) is 0. The minimum absolute atomic E-state index is 0.0810. The van der Waals surface area contributed by atoms with Crippen molar-refractivity contribution in [3.8, 4) is 0 Å². The zero-order valence-corrected chi connectivity index (χ0v) is 13.3. The summed E-state index contributed by atoms with van der Waals surface area (Å²) in [6.45, 7) is 3.40. The van der Waals surface area contributed by atoms with Gasteiger partial charge < -0.3 is 9.84 Å². The summed E-state index contributed by atoms with van der Waals surface area (Å²) in [4.78, 5) is 2.36. The quantitative estimate of drug-likeness (QED) is 0.918. The highest BCUT2D eigenvalue weighted by Gasteiger charge is 2.39. The first kappa shape index (κ1) is 14.5. The van der Waals surface area contributed by atoms with Crippen molar-refractivity contribution in [2.45, 2.75) is 37.4 Å².